The van der Waals surface area contributed by atoms with Gasteiger partial charge in [0.1, 0.15) is 0 Å². The fourth-order valence-electron chi connectivity index (χ4n) is 2.03. The van der Waals surface area contributed by atoms with E-state index >= 15 is 0 Å². The Morgan fingerprint density at radius 2 is 2.27 bits per heavy atom. The lowest BCUT2D eigenvalue weighted by atomic mass is 9.93. The molecule has 4 nitrogen and oxygen atoms in total. The van der Waals surface area contributed by atoms with Crippen LogP contribution in [0.3, 0.4) is 0 Å². The zero-order valence-corrected chi connectivity index (χ0v) is 7.93. The second-order valence-electron chi connectivity index (χ2n) is 3.93. The molecule has 0 atom stereocenters. The van der Waals surface area contributed by atoms with Crippen LogP contribution in [0, 0.1) is 0 Å². The highest BCUT2D eigenvalue weighted by Gasteiger charge is 2.52. The van der Waals surface area contributed by atoms with Crippen molar-refractivity contribution in [1.29, 1.82) is 0 Å². The van der Waals surface area contributed by atoms with Crippen LogP contribution in [0.15, 0.2) is 28.9 Å². The van der Waals surface area contributed by atoms with E-state index in [2.05, 4.69) is 5.16 Å². The van der Waals surface area contributed by atoms with Crippen LogP contribution in [0.2, 0.25) is 0 Å². The summed E-state index contributed by atoms with van der Waals surface area (Å²) in [5, 5.41) is 13.7. The number of aromatic nitrogens is 1. The fraction of sp³-hybridized carbons (Fsp3) is 0.273. The van der Waals surface area contributed by atoms with Crippen LogP contribution in [-0.4, -0.2) is 16.2 Å². The molecular formula is C11H9NO3. The summed E-state index contributed by atoms with van der Waals surface area (Å²) in [4.78, 5) is 11.2. The molecule has 1 heterocycles. The molecule has 0 radical (unpaired) electrons. The maximum absolute atomic E-state index is 11.2. The molecule has 0 unspecified atom stereocenters. The molecule has 1 fully saturated rings. The molecule has 1 aromatic carbocycles. The van der Waals surface area contributed by atoms with Crippen molar-refractivity contribution in [3.8, 4) is 0 Å². The number of carboxylic acids is 1. The van der Waals surface area contributed by atoms with Crippen LogP contribution in [0.4, 0.5) is 0 Å². The van der Waals surface area contributed by atoms with Gasteiger partial charge in [0.2, 0.25) is 0 Å². The molecule has 1 aliphatic rings. The summed E-state index contributed by atoms with van der Waals surface area (Å²) in [6.07, 6.45) is 2.99. The summed E-state index contributed by atoms with van der Waals surface area (Å²) in [5.41, 5.74) is 0.791. The zero-order chi connectivity index (χ0) is 10.5. The third kappa shape index (κ3) is 1.02. The number of hydrogen-bond donors (Lipinski definition) is 1. The van der Waals surface area contributed by atoms with E-state index in [4.69, 9.17) is 4.52 Å². The van der Waals surface area contributed by atoms with Gasteiger partial charge in [-0.25, -0.2) is 0 Å². The Bertz CT molecular complexity index is 540. The SMILES string of the molecule is O=C(O)C1(c2cccc3oncc23)CC1. The van der Waals surface area contributed by atoms with Crippen molar-refractivity contribution in [3.63, 3.8) is 0 Å². The van der Waals surface area contributed by atoms with Gasteiger partial charge in [-0.1, -0.05) is 17.3 Å². The van der Waals surface area contributed by atoms with Crippen molar-refractivity contribution >= 4 is 16.9 Å². The number of nitrogens with zero attached hydrogens (tertiary/aromatic N) is 1. The maximum Gasteiger partial charge on any atom is 0.314 e. The number of hydrogen-bond acceptors (Lipinski definition) is 3. The lowest BCUT2D eigenvalue weighted by Gasteiger charge is -2.09. The van der Waals surface area contributed by atoms with Crippen LogP contribution >= 0.6 is 0 Å². The molecule has 1 aliphatic carbocycles. The average Bonchev–Trinajstić information content (AvgIpc) is 2.89. The van der Waals surface area contributed by atoms with Crippen molar-refractivity contribution in [2.75, 3.05) is 0 Å². The van der Waals surface area contributed by atoms with Crippen LogP contribution in [-0.2, 0) is 10.2 Å². The quantitative estimate of drug-likeness (QED) is 0.810. The number of carbonyl (C=O) groups is 1. The minimum atomic E-state index is -0.754. The molecule has 0 bridgehead atoms. The van der Waals surface area contributed by atoms with E-state index in [1.54, 1.807) is 12.3 Å². The number of aliphatic carboxylic acids is 1. The van der Waals surface area contributed by atoms with Gasteiger partial charge in [-0.3, -0.25) is 4.79 Å². The first-order valence-electron chi connectivity index (χ1n) is 4.81. The lowest BCUT2D eigenvalue weighted by molar-refractivity contribution is -0.139. The lowest BCUT2D eigenvalue weighted by Crippen LogP contribution is -2.19. The molecule has 1 saturated carbocycles. The Balaban J connectivity index is 2.27. The van der Waals surface area contributed by atoms with Gasteiger partial charge in [0, 0.05) is 5.39 Å². The second kappa shape index (κ2) is 2.59. The van der Waals surface area contributed by atoms with E-state index in [-0.39, 0.29) is 0 Å². The molecule has 0 spiro atoms. The van der Waals surface area contributed by atoms with Gasteiger partial charge in [-0.15, -0.1) is 0 Å². The van der Waals surface area contributed by atoms with Gasteiger partial charge < -0.3 is 9.63 Å². The van der Waals surface area contributed by atoms with Crippen LogP contribution in [0.25, 0.3) is 11.0 Å². The molecule has 76 valence electrons. The molecular weight excluding hydrogens is 194 g/mol. The number of carboxylic acid groups (broad SMARTS) is 1. The smallest absolute Gasteiger partial charge is 0.314 e. The van der Waals surface area contributed by atoms with Gasteiger partial charge in [0.15, 0.2) is 5.58 Å². The number of fused-ring (bicyclic) bond motifs is 1. The molecule has 15 heavy (non-hydrogen) atoms. The average molecular weight is 203 g/mol. The van der Waals surface area contributed by atoms with Crippen molar-refractivity contribution in [1.82, 2.24) is 5.16 Å². The van der Waals surface area contributed by atoms with Crippen molar-refractivity contribution < 1.29 is 14.4 Å². The summed E-state index contributed by atoms with van der Waals surface area (Å²) in [6.45, 7) is 0. The summed E-state index contributed by atoms with van der Waals surface area (Å²) in [5.74, 6) is -0.754. The van der Waals surface area contributed by atoms with Crippen LogP contribution in [0.1, 0.15) is 18.4 Å². The van der Waals surface area contributed by atoms with Crippen molar-refractivity contribution in [3.05, 3.63) is 30.0 Å². The highest BCUT2D eigenvalue weighted by molar-refractivity contribution is 5.92. The standard InChI is InChI=1S/C11H9NO3/c13-10(14)11(4-5-11)8-2-1-3-9-7(8)6-12-15-9/h1-3,6H,4-5H2,(H,13,14). The van der Waals surface area contributed by atoms with Gasteiger partial charge in [0.25, 0.3) is 0 Å². The third-order valence-corrected chi connectivity index (χ3v) is 3.07. The van der Waals surface area contributed by atoms with Gasteiger partial charge in [-0.05, 0) is 24.5 Å². The first-order valence-corrected chi connectivity index (χ1v) is 4.81. The maximum atomic E-state index is 11.2. The van der Waals surface area contributed by atoms with Crippen molar-refractivity contribution in [2.45, 2.75) is 18.3 Å². The van der Waals surface area contributed by atoms with Crippen molar-refractivity contribution in [2.24, 2.45) is 0 Å². The third-order valence-electron chi connectivity index (χ3n) is 3.07. The topological polar surface area (TPSA) is 63.3 Å². The Morgan fingerprint density at radius 3 is 2.93 bits per heavy atom. The minimum Gasteiger partial charge on any atom is -0.481 e. The van der Waals surface area contributed by atoms with E-state index < -0.39 is 11.4 Å². The normalized spacial score (nSPS) is 17.9. The minimum absolute atomic E-state index is 0.653. The summed E-state index contributed by atoms with van der Waals surface area (Å²) >= 11 is 0. The largest absolute Gasteiger partial charge is 0.481 e. The Hall–Kier alpha value is -1.84. The predicted octanol–water partition coefficient (Wildman–Crippen LogP) is 1.94. The van der Waals surface area contributed by atoms with E-state index in [0.29, 0.717) is 18.4 Å². The predicted molar refractivity (Wildman–Crippen MR) is 52.6 cm³/mol. The molecule has 0 amide bonds. The fourth-order valence-corrected chi connectivity index (χ4v) is 2.03. The molecule has 4 heteroatoms. The van der Waals surface area contributed by atoms with Gasteiger partial charge in [-0.2, -0.15) is 0 Å². The zero-order valence-electron chi connectivity index (χ0n) is 7.93. The monoisotopic (exact) mass is 203 g/mol. The Labute approximate surface area is 85.5 Å². The summed E-state index contributed by atoms with van der Waals surface area (Å²) in [7, 11) is 0. The summed E-state index contributed by atoms with van der Waals surface area (Å²) in [6, 6.07) is 5.45. The van der Waals surface area contributed by atoms with E-state index in [1.807, 2.05) is 12.1 Å². The molecule has 0 aliphatic heterocycles. The molecule has 1 N–H and O–H groups in total. The van der Waals surface area contributed by atoms with Gasteiger partial charge >= 0.3 is 5.97 Å². The second-order valence-corrected chi connectivity index (χ2v) is 3.93. The first-order chi connectivity index (χ1) is 7.24. The number of benzene rings is 1. The van der Waals surface area contributed by atoms with E-state index in [0.717, 1.165) is 10.9 Å². The first kappa shape index (κ1) is 8.47. The van der Waals surface area contributed by atoms with Crippen LogP contribution < -0.4 is 0 Å². The van der Waals surface area contributed by atoms with E-state index in [1.165, 1.54) is 0 Å². The molecule has 3 rings (SSSR count). The molecule has 2 aromatic rings. The highest BCUT2D eigenvalue weighted by atomic mass is 16.5. The summed E-state index contributed by atoms with van der Waals surface area (Å²) < 4.78 is 5.02. The molecule has 1 aromatic heterocycles. The highest BCUT2D eigenvalue weighted by Crippen LogP contribution is 2.50. The van der Waals surface area contributed by atoms with E-state index in [9.17, 15) is 9.90 Å². The molecule has 0 saturated heterocycles. The van der Waals surface area contributed by atoms with Crippen LogP contribution in [0.5, 0.6) is 0 Å². The number of rotatable bonds is 2. The Kier molecular flexibility index (Phi) is 1.46. The van der Waals surface area contributed by atoms with Gasteiger partial charge in [0.05, 0.1) is 11.6 Å². The Morgan fingerprint density at radius 1 is 1.47 bits per heavy atom.